The first kappa shape index (κ1) is 15.8. The fourth-order valence-electron chi connectivity index (χ4n) is 2.71. The third-order valence-electron chi connectivity index (χ3n) is 3.92. The van der Waals surface area contributed by atoms with Gasteiger partial charge in [-0.3, -0.25) is 10.1 Å². The van der Waals surface area contributed by atoms with Crippen LogP contribution in [0.3, 0.4) is 0 Å². The molecule has 26 heavy (non-hydrogen) atoms. The van der Waals surface area contributed by atoms with Gasteiger partial charge in [0, 0.05) is 0 Å². The highest BCUT2D eigenvalue weighted by molar-refractivity contribution is 5.82. The Morgan fingerprint density at radius 3 is 2.62 bits per heavy atom. The van der Waals surface area contributed by atoms with E-state index in [1.165, 1.54) is 18.3 Å². The number of nitro groups is 1. The van der Waals surface area contributed by atoms with E-state index in [1.807, 2.05) is 59.2 Å². The maximum absolute atomic E-state index is 10.7. The van der Waals surface area contributed by atoms with Gasteiger partial charge in [0.1, 0.15) is 4.92 Å². The van der Waals surface area contributed by atoms with Crippen LogP contribution < -0.4 is 0 Å². The molecule has 0 spiro atoms. The average molecular weight is 346 g/mol. The van der Waals surface area contributed by atoms with E-state index in [4.69, 9.17) is 4.42 Å². The summed E-state index contributed by atoms with van der Waals surface area (Å²) >= 11 is 0. The van der Waals surface area contributed by atoms with Gasteiger partial charge >= 0.3 is 5.88 Å². The molecule has 4 aromatic rings. The molecule has 0 N–H and O–H groups in total. The highest BCUT2D eigenvalue weighted by atomic mass is 16.6. The molecule has 0 aliphatic rings. The standard InChI is InChI=1S/C19H14N4O3/c24-23(25)18-11-10-15(26-18)12-20-19-21-16-8-4-5-9-17(16)22(19)13-14-6-2-1-3-7-14/h1-12H,13H2/b20-12+. The van der Waals surface area contributed by atoms with Gasteiger partial charge in [0.2, 0.25) is 5.95 Å². The van der Waals surface area contributed by atoms with Crippen molar-refractivity contribution in [2.75, 3.05) is 0 Å². The van der Waals surface area contributed by atoms with E-state index in [9.17, 15) is 10.1 Å². The Balaban J connectivity index is 1.72. The van der Waals surface area contributed by atoms with Crippen molar-refractivity contribution < 1.29 is 9.34 Å². The van der Waals surface area contributed by atoms with Crippen LogP contribution in [0.2, 0.25) is 0 Å². The molecule has 7 heteroatoms. The molecule has 0 bridgehead atoms. The van der Waals surface area contributed by atoms with E-state index in [1.54, 1.807) is 0 Å². The monoisotopic (exact) mass is 346 g/mol. The molecular formula is C19H14N4O3. The van der Waals surface area contributed by atoms with Crippen LogP contribution in [0, 0.1) is 10.1 Å². The van der Waals surface area contributed by atoms with Crippen LogP contribution in [0.1, 0.15) is 11.3 Å². The largest absolute Gasteiger partial charge is 0.433 e. The van der Waals surface area contributed by atoms with E-state index in [2.05, 4.69) is 9.98 Å². The Hall–Kier alpha value is -3.74. The zero-order valence-electron chi connectivity index (χ0n) is 13.6. The highest BCUT2D eigenvalue weighted by Crippen LogP contribution is 2.23. The molecule has 2 heterocycles. The minimum absolute atomic E-state index is 0.301. The van der Waals surface area contributed by atoms with Crippen LogP contribution >= 0.6 is 0 Å². The Kier molecular flexibility index (Phi) is 4.03. The molecule has 7 nitrogen and oxygen atoms in total. The van der Waals surface area contributed by atoms with Crippen LogP contribution in [-0.4, -0.2) is 20.7 Å². The maximum Gasteiger partial charge on any atom is 0.433 e. The number of rotatable bonds is 5. The second-order valence-electron chi connectivity index (χ2n) is 5.66. The lowest BCUT2D eigenvalue weighted by molar-refractivity contribution is -0.402. The summed E-state index contributed by atoms with van der Waals surface area (Å²) in [6.45, 7) is 0.617. The van der Waals surface area contributed by atoms with Crippen molar-refractivity contribution in [2.45, 2.75) is 6.54 Å². The number of aliphatic imine (C=N–C) groups is 1. The normalized spacial score (nSPS) is 11.4. The lowest BCUT2D eigenvalue weighted by atomic mass is 10.2. The first-order valence-corrected chi connectivity index (χ1v) is 7.98. The molecule has 0 amide bonds. The minimum Gasteiger partial charge on any atom is -0.400 e. The van der Waals surface area contributed by atoms with Crippen molar-refractivity contribution >= 4 is 29.1 Å². The summed E-state index contributed by atoms with van der Waals surface area (Å²) in [7, 11) is 0. The molecule has 0 saturated heterocycles. The third kappa shape index (κ3) is 3.10. The van der Waals surface area contributed by atoms with Crippen molar-refractivity contribution in [2.24, 2.45) is 4.99 Å². The Labute approximate surface area is 148 Å². The third-order valence-corrected chi connectivity index (χ3v) is 3.92. The van der Waals surface area contributed by atoms with E-state index in [0.29, 0.717) is 18.3 Å². The van der Waals surface area contributed by atoms with Gasteiger partial charge in [-0.15, -0.1) is 0 Å². The molecule has 0 fully saturated rings. The number of hydrogen-bond acceptors (Lipinski definition) is 5. The molecule has 128 valence electrons. The number of para-hydroxylation sites is 2. The van der Waals surface area contributed by atoms with Gasteiger partial charge < -0.3 is 8.98 Å². The molecule has 0 aliphatic carbocycles. The smallest absolute Gasteiger partial charge is 0.400 e. The Morgan fingerprint density at radius 1 is 1.08 bits per heavy atom. The van der Waals surface area contributed by atoms with Crippen molar-refractivity contribution in [3.63, 3.8) is 0 Å². The summed E-state index contributed by atoms with van der Waals surface area (Å²) in [5, 5.41) is 10.7. The maximum atomic E-state index is 10.7. The number of hydrogen-bond donors (Lipinski definition) is 0. The van der Waals surface area contributed by atoms with Gasteiger partial charge in [-0.25, -0.2) is 9.98 Å². The number of aromatic nitrogens is 2. The Bertz CT molecular complexity index is 1100. The van der Waals surface area contributed by atoms with Crippen LogP contribution in [-0.2, 0) is 6.54 Å². The lowest BCUT2D eigenvalue weighted by Gasteiger charge is -2.06. The molecule has 2 aromatic carbocycles. The number of nitrogens with zero attached hydrogens (tertiary/aromatic N) is 4. The SMILES string of the molecule is O=[N+]([O-])c1ccc(/C=N/c2nc3ccccc3n2Cc2ccccc2)o1. The van der Waals surface area contributed by atoms with Crippen molar-refractivity contribution in [3.8, 4) is 0 Å². The average Bonchev–Trinajstić information content (AvgIpc) is 3.26. The summed E-state index contributed by atoms with van der Waals surface area (Å²) in [5.41, 5.74) is 2.93. The van der Waals surface area contributed by atoms with Gasteiger partial charge in [0.25, 0.3) is 0 Å². The molecule has 0 radical (unpaired) electrons. The van der Waals surface area contributed by atoms with Crippen molar-refractivity contribution in [3.05, 3.63) is 88.2 Å². The van der Waals surface area contributed by atoms with Crippen LogP contribution in [0.25, 0.3) is 11.0 Å². The van der Waals surface area contributed by atoms with Crippen LogP contribution in [0.5, 0.6) is 0 Å². The van der Waals surface area contributed by atoms with E-state index in [0.717, 1.165) is 16.6 Å². The predicted octanol–water partition coefficient (Wildman–Crippen LogP) is 4.34. The number of fused-ring (bicyclic) bond motifs is 1. The van der Waals surface area contributed by atoms with E-state index >= 15 is 0 Å². The molecule has 0 saturated carbocycles. The lowest BCUT2D eigenvalue weighted by Crippen LogP contribution is -1.99. The first-order valence-electron chi connectivity index (χ1n) is 7.98. The molecule has 0 aliphatic heterocycles. The molecule has 2 aromatic heterocycles. The van der Waals surface area contributed by atoms with Crippen molar-refractivity contribution in [1.29, 1.82) is 0 Å². The quantitative estimate of drug-likeness (QED) is 0.306. The van der Waals surface area contributed by atoms with E-state index in [-0.39, 0.29) is 5.88 Å². The second-order valence-corrected chi connectivity index (χ2v) is 5.66. The summed E-state index contributed by atoms with van der Waals surface area (Å²) in [6.07, 6.45) is 1.44. The van der Waals surface area contributed by atoms with Gasteiger partial charge in [-0.2, -0.15) is 0 Å². The summed E-state index contributed by atoms with van der Waals surface area (Å²) in [5.74, 6) is 0.494. The molecular weight excluding hydrogens is 332 g/mol. The van der Waals surface area contributed by atoms with E-state index < -0.39 is 4.92 Å². The van der Waals surface area contributed by atoms with Gasteiger partial charge in [0.15, 0.2) is 5.76 Å². The summed E-state index contributed by atoms with van der Waals surface area (Å²) in [4.78, 5) is 19.1. The van der Waals surface area contributed by atoms with Gasteiger partial charge in [-0.1, -0.05) is 42.5 Å². The molecule has 4 rings (SSSR count). The molecule has 0 atom stereocenters. The van der Waals surface area contributed by atoms with Gasteiger partial charge in [0.05, 0.1) is 29.9 Å². The second kappa shape index (κ2) is 6.64. The fourth-order valence-corrected chi connectivity index (χ4v) is 2.71. The topological polar surface area (TPSA) is 86.5 Å². The van der Waals surface area contributed by atoms with Crippen LogP contribution in [0.4, 0.5) is 11.8 Å². The number of imidazole rings is 1. The number of furan rings is 1. The van der Waals surface area contributed by atoms with Crippen LogP contribution in [0.15, 0.2) is 76.1 Å². The summed E-state index contributed by atoms with van der Waals surface area (Å²) < 4.78 is 7.11. The molecule has 0 unspecified atom stereocenters. The minimum atomic E-state index is -0.581. The first-order chi connectivity index (χ1) is 12.7. The predicted molar refractivity (Wildman–Crippen MR) is 97.9 cm³/mol. The Morgan fingerprint density at radius 2 is 1.85 bits per heavy atom. The number of benzene rings is 2. The zero-order valence-corrected chi connectivity index (χ0v) is 13.6. The highest BCUT2D eigenvalue weighted by Gasteiger charge is 2.12. The van der Waals surface area contributed by atoms with Crippen molar-refractivity contribution in [1.82, 2.24) is 9.55 Å². The van der Waals surface area contributed by atoms with Gasteiger partial charge in [-0.05, 0) is 23.8 Å². The fraction of sp³-hybridized carbons (Fsp3) is 0.0526. The summed E-state index contributed by atoms with van der Waals surface area (Å²) in [6, 6.07) is 20.6. The zero-order chi connectivity index (χ0) is 17.9.